The smallest absolute Gasteiger partial charge is 0.122 e. The molecule has 0 aliphatic carbocycles. The molecule has 86 valence electrons. The lowest BCUT2D eigenvalue weighted by Gasteiger charge is -2.33. The van der Waals surface area contributed by atoms with Gasteiger partial charge in [-0.15, -0.1) is 0 Å². The summed E-state index contributed by atoms with van der Waals surface area (Å²) >= 11 is 0. The Balaban J connectivity index is 1.83. The Kier molecular flexibility index (Phi) is 2.48. The van der Waals surface area contributed by atoms with Crippen LogP contribution < -0.4 is 15.0 Å². The molecule has 2 heterocycles. The number of nitrogens with zero attached hydrogens (tertiary/aromatic N) is 1. The largest absolute Gasteiger partial charge is 0.493 e. The third kappa shape index (κ3) is 1.76. The molecule has 0 aromatic heterocycles. The van der Waals surface area contributed by atoms with E-state index in [0.717, 1.165) is 38.4 Å². The molecule has 2 aliphatic heterocycles. The van der Waals surface area contributed by atoms with E-state index in [4.69, 9.17) is 4.74 Å². The summed E-state index contributed by atoms with van der Waals surface area (Å²) in [6.07, 6.45) is 1.06. The topological polar surface area (TPSA) is 24.5 Å². The molecular formula is C13H18N2O. The van der Waals surface area contributed by atoms with Gasteiger partial charge in [0, 0.05) is 37.8 Å². The zero-order chi connectivity index (χ0) is 11.0. The van der Waals surface area contributed by atoms with Crippen molar-refractivity contribution < 1.29 is 4.74 Å². The minimum atomic E-state index is 0.582. The maximum absolute atomic E-state index is 5.53. The van der Waals surface area contributed by atoms with E-state index in [-0.39, 0.29) is 0 Å². The zero-order valence-corrected chi connectivity index (χ0v) is 9.70. The average Bonchev–Trinajstić information content (AvgIpc) is 2.75. The van der Waals surface area contributed by atoms with Crippen molar-refractivity contribution in [2.24, 2.45) is 0 Å². The summed E-state index contributed by atoms with van der Waals surface area (Å²) in [5.41, 5.74) is 2.71. The predicted molar refractivity (Wildman–Crippen MR) is 65.3 cm³/mol. The molecule has 1 aromatic rings. The number of nitrogens with one attached hydrogen (secondary N) is 1. The maximum Gasteiger partial charge on any atom is 0.122 e. The van der Waals surface area contributed by atoms with Gasteiger partial charge in [-0.25, -0.2) is 0 Å². The van der Waals surface area contributed by atoms with Gasteiger partial charge in [-0.05, 0) is 30.7 Å². The van der Waals surface area contributed by atoms with Gasteiger partial charge in [0.1, 0.15) is 5.75 Å². The van der Waals surface area contributed by atoms with Crippen LogP contribution in [-0.2, 0) is 6.42 Å². The quantitative estimate of drug-likeness (QED) is 0.771. The molecule has 3 heteroatoms. The Labute approximate surface area is 96.4 Å². The first-order valence-corrected chi connectivity index (χ1v) is 6.07. The van der Waals surface area contributed by atoms with Crippen molar-refractivity contribution >= 4 is 5.69 Å². The van der Waals surface area contributed by atoms with Gasteiger partial charge in [0.25, 0.3) is 0 Å². The van der Waals surface area contributed by atoms with E-state index in [9.17, 15) is 0 Å². The van der Waals surface area contributed by atoms with E-state index in [1.165, 1.54) is 11.3 Å². The molecule has 2 aliphatic rings. The van der Waals surface area contributed by atoms with E-state index in [0.29, 0.717) is 6.04 Å². The van der Waals surface area contributed by atoms with Crippen LogP contribution in [0.15, 0.2) is 18.2 Å². The van der Waals surface area contributed by atoms with Crippen molar-refractivity contribution in [2.75, 3.05) is 31.1 Å². The Morgan fingerprint density at radius 3 is 3.25 bits per heavy atom. The van der Waals surface area contributed by atoms with Gasteiger partial charge >= 0.3 is 0 Å². The van der Waals surface area contributed by atoms with Crippen LogP contribution >= 0.6 is 0 Å². The molecular weight excluding hydrogens is 200 g/mol. The van der Waals surface area contributed by atoms with Crippen molar-refractivity contribution in [3.8, 4) is 5.75 Å². The monoisotopic (exact) mass is 218 g/mol. The first-order chi connectivity index (χ1) is 7.83. The van der Waals surface area contributed by atoms with Gasteiger partial charge < -0.3 is 15.0 Å². The lowest BCUT2D eigenvalue weighted by molar-refractivity contribution is 0.357. The molecule has 0 spiro atoms. The molecule has 1 aromatic carbocycles. The first kappa shape index (κ1) is 9.97. The fourth-order valence-corrected chi connectivity index (χ4v) is 2.54. The van der Waals surface area contributed by atoms with Crippen LogP contribution in [0.2, 0.25) is 0 Å². The van der Waals surface area contributed by atoms with Gasteiger partial charge in [0.2, 0.25) is 0 Å². The summed E-state index contributed by atoms with van der Waals surface area (Å²) in [6, 6.07) is 7.17. The molecule has 1 N–H and O–H groups in total. The number of hydrogen-bond donors (Lipinski definition) is 1. The number of benzene rings is 1. The Hall–Kier alpha value is -1.22. The third-order valence-electron chi connectivity index (χ3n) is 3.41. The van der Waals surface area contributed by atoms with Gasteiger partial charge in [0.15, 0.2) is 0 Å². The third-order valence-corrected chi connectivity index (χ3v) is 3.41. The molecule has 0 radical (unpaired) electrons. The van der Waals surface area contributed by atoms with Crippen LogP contribution in [-0.4, -0.2) is 32.3 Å². The van der Waals surface area contributed by atoms with E-state index in [2.05, 4.69) is 35.3 Å². The normalized spacial score (nSPS) is 24.1. The van der Waals surface area contributed by atoms with Gasteiger partial charge in [0.05, 0.1) is 6.61 Å². The van der Waals surface area contributed by atoms with Gasteiger partial charge in [-0.3, -0.25) is 0 Å². The number of fused-ring (bicyclic) bond motifs is 1. The van der Waals surface area contributed by atoms with Crippen LogP contribution in [0.3, 0.4) is 0 Å². The molecule has 3 rings (SSSR count). The fraction of sp³-hybridized carbons (Fsp3) is 0.538. The molecule has 1 fully saturated rings. The standard InChI is InChI=1S/C13H18N2O/c1-10-9-15(6-5-14-10)12-2-3-13-11(8-12)4-7-16-13/h2-3,8,10,14H,4-7,9H2,1H3/t10-/m1/s1. The molecule has 0 bridgehead atoms. The van der Waals surface area contributed by atoms with Crippen LogP contribution in [0.25, 0.3) is 0 Å². The SMILES string of the molecule is C[C@@H]1CN(c2ccc3c(c2)CCO3)CCN1. The summed E-state index contributed by atoms with van der Waals surface area (Å²) < 4.78 is 5.53. The van der Waals surface area contributed by atoms with Crippen LogP contribution in [0.4, 0.5) is 5.69 Å². The number of anilines is 1. The minimum absolute atomic E-state index is 0.582. The molecule has 1 saturated heterocycles. The lowest BCUT2D eigenvalue weighted by atomic mass is 10.1. The number of ether oxygens (including phenoxy) is 1. The highest BCUT2D eigenvalue weighted by Crippen LogP contribution is 2.29. The Morgan fingerprint density at radius 1 is 1.44 bits per heavy atom. The molecule has 0 amide bonds. The van der Waals surface area contributed by atoms with E-state index < -0.39 is 0 Å². The minimum Gasteiger partial charge on any atom is -0.493 e. The molecule has 3 nitrogen and oxygen atoms in total. The fourth-order valence-electron chi connectivity index (χ4n) is 2.54. The highest BCUT2D eigenvalue weighted by atomic mass is 16.5. The van der Waals surface area contributed by atoms with E-state index >= 15 is 0 Å². The summed E-state index contributed by atoms with van der Waals surface area (Å²) in [5, 5.41) is 3.47. The number of hydrogen-bond acceptors (Lipinski definition) is 3. The van der Waals surface area contributed by atoms with Crippen molar-refractivity contribution in [3.63, 3.8) is 0 Å². The zero-order valence-electron chi connectivity index (χ0n) is 9.70. The second-order valence-corrected chi connectivity index (χ2v) is 4.69. The van der Waals surface area contributed by atoms with Gasteiger partial charge in [-0.2, -0.15) is 0 Å². The van der Waals surface area contributed by atoms with Crippen LogP contribution in [0.5, 0.6) is 5.75 Å². The number of rotatable bonds is 1. The van der Waals surface area contributed by atoms with Crippen LogP contribution in [0, 0.1) is 0 Å². The molecule has 0 unspecified atom stereocenters. The summed E-state index contributed by atoms with van der Waals surface area (Å²) in [7, 11) is 0. The van der Waals surface area contributed by atoms with E-state index in [1.54, 1.807) is 0 Å². The number of piperazine rings is 1. The molecule has 0 saturated carbocycles. The van der Waals surface area contributed by atoms with Crippen molar-refractivity contribution in [2.45, 2.75) is 19.4 Å². The lowest BCUT2D eigenvalue weighted by Crippen LogP contribution is -2.49. The highest BCUT2D eigenvalue weighted by Gasteiger charge is 2.18. The highest BCUT2D eigenvalue weighted by molar-refractivity contribution is 5.54. The molecule has 16 heavy (non-hydrogen) atoms. The van der Waals surface area contributed by atoms with E-state index in [1.807, 2.05) is 0 Å². The first-order valence-electron chi connectivity index (χ1n) is 6.07. The predicted octanol–water partition coefficient (Wildman–Crippen LogP) is 1.42. The van der Waals surface area contributed by atoms with Crippen molar-refractivity contribution in [1.82, 2.24) is 5.32 Å². The Bertz CT molecular complexity index is 392. The second-order valence-electron chi connectivity index (χ2n) is 4.69. The molecule has 1 atom stereocenters. The second kappa shape index (κ2) is 3.98. The van der Waals surface area contributed by atoms with Gasteiger partial charge in [-0.1, -0.05) is 0 Å². The average molecular weight is 218 g/mol. The van der Waals surface area contributed by atoms with Crippen molar-refractivity contribution in [3.05, 3.63) is 23.8 Å². The maximum atomic E-state index is 5.53. The summed E-state index contributed by atoms with van der Waals surface area (Å²) in [5.74, 6) is 1.08. The summed E-state index contributed by atoms with van der Waals surface area (Å²) in [4.78, 5) is 2.46. The Morgan fingerprint density at radius 2 is 2.38 bits per heavy atom. The van der Waals surface area contributed by atoms with Crippen molar-refractivity contribution in [1.29, 1.82) is 0 Å². The van der Waals surface area contributed by atoms with Crippen LogP contribution in [0.1, 0.15) is 12.5 Å². The summed E-state index contributed by atoms with van der Waals surface area (Å²) in [6.45, 7) is 6.36.